The van der Waals surface area contributed by atoms with Crippen molar-refractivity contribution in [3.05, 3.63) is 28.8 Å². The second kappa shape index (κ2) is 5.53. The Morgan fingerprint density at radius 2 is 2.31 bits per heavy atom. The summed E-state index contributed by atoms with van der Waals surface area (Å²) in [4.78, 5) is 0. The molecule has 1 aromatic carbocycles. The van der Waals surface area contributed by atoms with Gasteiger partial charge < -0.3 is 15.4 Å². The lowest BCUT2D eigenvalue weighted by Gasteiger charge is -2.25. The molecular weight excluding hydrogens is 224 g/mol. The van der Waals surface area contributed by atoms with E-state index in [-0.39, 0.29) is 0 Å². The minimum Gasteiger partial charge on any atom is -0.496 e. The summed E-state index contributed by atoms with van der Waals surface area (Å²) < 4.78 is 5.34. The molecule has 1 aromatic rings. The Kier molecular flexibility index (Phi) is 4.04. The van der Waals surface area contributed by atoms with Crippen molar-refractivity contribution in [1.29, 1.82) is 0 Å². The SMILES string of the molecule is COc1ccc(Cl)cc1CC1CNCCN1. The minimum atomic E-state index is 0.459. The monoisotopic (exact) mass is 240 g/mol. The van der Waals surface area contributed by atoms with E-state index in [1.54, 1.807) is 7.11 Å². The van der Waals surface area contributed by atoms with Gasteiger partial charge in [-0.15, -0.1) is 0 Å². The maximum atomic E-state index is 6.00. The second-order valence-corrected chi connectivity index (χ2v) is 4.45. The molecular formula is C12H17ClN2O. The molecule has 1 aliphatic rings. The summed E-state index contributed by atoms with van der Waals surface area (Å²) in [6, 6.07) is 6.22. The third kappa shape index (κ3) is 2.88. The highest BCUT2D eigenvalue weighted by molar-refractivity contribution is 6.30. The topological polar surface area (TPSA) is 33.3 Å². The van der Waals surface area contributed by atoms with Crippen LogP contribution in [0.3, 0.4) is 0 Å². The average Bonchev–Trinajstić information content (AvgIpc) is 2.31. The van der Waals surface area contributed by atoms with Gasteiger partial charge >= 0.3 is 0 Å². The van der Waals surface area contributed by atoms with Gasteiger partial charge in [0.1, 0.15) is 5.75 Å². The van der Waals surface area contributed by atoms with E-state index < -0.39 is 0 Å². The van der Waals surface area contributed by atoms with E-state index in [1.165, 1.54) is 0 Å². The first-order valence-corrected chi connectivity index (χ1v) is 5.94. The van der Waals surface area contributed by atoms with E-state index in [9.17, 15) is 0 Å². The normalized spacial score (nSPS) is 20.8. The highest BCUT2D eigenvalue weighted by atomic mass is 35.5. The van der Waals surface area contributed by atoms with Crippen LogP contribution in [0.4, 0.5) is 0 Å². The van der Waals surface area contributed by atoms with Crippen molar-refractivity contribution in [2.45, 2.75) is 12.5 Å². The van der Waals surface area contributed by atoms with Crippen LogP contribution in [0, 0.1) is 0 Å². The fourth-order valence-electron chi connectivity index (χ4n) is 2.03. The van der Waals surface area contributed by atoms with Gasteiger partial charge in [0.2, 0.25) is 0 Å². The molecule has 0 radical (unpaired) electrons. The Morgan fingerprint density at radius 1 is 1.44 bits per heavy atom. The maximum Gasteiger partial charge on any atom is 0.122 e. The Bertz CT molecular complexity index is 351. The third-order valence-corrected chi connectivity index (χ3v) is 3.07. The maximum absolute atomic E-state index is 6.00. The number of halogens is 1. The van der Waals surface area contributed by atoms with E-state index in [4.69, 9.17) is 16.3 Å². The molecule has 1 atom stereocenters. The Labute approximate surface area is 101 Å². The fraction of sp³-hybridized carbons (Fsp3) is 0.500. The molecule has 1 fully saturated rings. The van der Waals surface area contributed by atoms with E-state index in [1.807, 2.05) is 18.2 Å². The molecule has 0 amide bonds. The van der Waals surface area contributed by atoms with Gasteiger partial charge in [-0.05, 0) is 30.2 Å². The molecule has 16 heavy (non-hydrogen) atoms. The Hall–Kier alpha value is -0.770. The lowest BCUT2D eigenvalue weighted by atomic mass is 10.0. The fourth-order valence-corrected chi connectivity index (χ4v) is 2.22. The van der Waals surface area contributed by atoms with Crippen molar-refractivity contribution < 1.29 is 4.74 Å². The van der Waals surface area contributed by atoms with Gasteiger partial charge in [0.05, 0.1) is 7.11 Å². The number of ether oxygens (including phenoxy) is 1. The number of nitrogens with one attached hydrogen (secondary N) is 2. The zero-order valence-corrected chi connectivity index (χ0v) is 10.2. The smallest absolute Gasteiger partial charge is 0.122 e. The van der Waals surface area contributed by atoms with Crippen LogP contribution >= 0.6 is 11.6 Å². The first-order valence-electron chi connectivity index (χ1n) is 5.56. The standard InChI is InChI=1S/C12H17ClN2O/c1-16-12-3-2-10(13)6-9(12)7-11-8-14-4-5-15-11/h2-3,6,11,14-15H,4-5,7-8H2,1H3. The summed E-state index contributed by atoms with van der Waals surface area (Å²) in [5, 5.41) is 7.61. The number of rotatable bonds is 3. The summed E-state index contributed by atoms with van der Waals surface area (Å²) >= 11 is 6.00. The molecule has 1 heterocycles. The quantitative estimate of drug-likeness (QED) is 0.839. The van der Waals surface area contributed by atoms with E-state index in [0.717, 1.165) is 42.4 Å². The summed E-state index contributed by atoms with van der Waals surface area (Å²) in [5.41, 5.74) is 1.16. The number of hydrogen-bond donors (Lipinski definition) is 2. The molecule has 0 aromatic heterocycles. The molecule has 0 spiro atoms. The summed E-state index contributed by atoms with van der Waals surface area (Å²) in [6.07, 6.45) is 0.941. The highest BCUT2D eigenvalue weighted by Crippen LogP contribution is 2.23. The van der Waals surface area contributed by atoms with Crippen LogP contribution in [0.1, 0.15) is 5.56 Å². The Balaban J connectivity index is 2.09. The molecule has 1 aliphatic heterocycles. The molecule has 0 bridgehead atoms. The van der Waals surface area contributed by atoms with Crippen molar-refractivity contribution in [2.24, 2.45) is 0 Å². The van der Waals surface area contributed by atoms with Gasteiger partial charge in [0.25, 0.3) is 0 Å². The molecule has 88 valence electrons. The molecule has 1 saturated heterocycles. The first-order chi connectivity index (χ1) is 7.79. The Morgan fingerprint density at radius 3 is 3.00 bits per heavy atom. The molecule has 1 unspecified atom stereocenters. The lowest BCUT2D eigenvalue weighted by Crippen LogP contribution is -2.49. The minimum absolute atomic E-state index is 0.459. The van der Waals surface area contributed by atoms with Crippen molar-refractivity contribution in [3.8, 4) is 5.75 Å². The molecule has 3 nitrogen and oxygen atoms in total. The second-order valence-electron chi connectivity index (χ2n) is 4.02. The number of methoxy groups -OCH3 is 1. The predicted octanol–water partition coefficient (Wildman–Crippen LogP) is 1.45. The number of hydrogen-bond acceptors (Lipinski definition) is 3. The van der Waals surface area contributed by atoms with Gasteiger partial charge in [-0.1, -0.05) is 11.6 Å². The van der Waals surface area contributed by atoms with E-state index in [2.05, 4.69) is 10.6 Å². The first kappa shape index (κ1) is 11.7. The van der Waals surface area contributed by atoms with Gasteiger partial charge in [-0.3, -0.25) is 0 Å². The summed E-state index contributed by atoms with van der Waals surface area (Å²) in [6.45, 7) is 3.06. The van der Waals surface area contributed by atoms with Crippen LogP contribution in [0.5, 0.6) is 5.75 Å². The number of benzene rings is 1. The van der Waals surface area contributed by atoms with Crippen LogP contribution in [0.2, 0.25) is 5.02 Å². The van der Waals surface area contributed by atoms with Gasteiger partial charge in [-0.25, -0.2) is 0 Å². The predicted molar refractivity (Wildman–Crippen MR) is 66.4 cm³/mol. The van der Waals surface area contributed by atoms with Crippen LogP contribution < -0.4 is 15.4 Å². The van der Waals surface area contributed by atoms with E-state index >= 15 is 0 Å². The van der Waals surface area contributed by atoms with Crippen molar-refractivity contribution in [2.75, 3.05) is 26.7 Å². The van der Waals surface area contributed by atoms with Crippen LogP contribution in [-0.4, -0.2) is 32.8 Å². The summed E-state index contributed by atoms with van der Waals surface area (Å²) in [5.74, 6) is 0.914. The van der Waals surface area contributed by atoms with Crippen molar-refractivity contribution in [3.63, 3.8) is 0 Å². The van der Waals surface area contributed by atoms with Gasteiger partial charge in [0.15, 0.2) is 0 Å². The molecule has 4 heteroatoms. The zero-order chi connectivity index (χ0) is 11.4. The van der Waals surface area contributed by atoms with Gasteiger partial charge in [-0.2, -0.15) is 0 Å². The molecule has 2 rings (SSSR count). The molecule has 0 saturated carbocycles. The largest absolute Gasteiger partial charge is 0.496 e. The number of piperazine rings is 1. The van der Waals surface area contributed by atoms with Crippen LogP contribution in [-0.2, 0) is 6.42 Å². The van der Waals surface area contributed by atoms with Crippen LogP contribution in [0.25, 0.3) is 0 Å². The lowest BCUT2D eigenvalue weighted by molar-refractivity contribution is 0.391. The molecule has 0 aliphatic carbocycles. The average molecular weight is 241 g/mol. The van der Waals surface area contributed by atoms with Crippen LogP contribution in [0.15, 0.2) is 18.2 Å². The van der Waals surface area contributed by atoms with E-state index in [0.29, 0.717) is 6.04 Å². The van der Waals surface area contributed by atoms with Crippen molar-refractivity contribution in [1.82, 2.24) is 10.6 Å². The van der Waals surface area contributed by atoms with Crippen molar-refractivity contribution >= 4 is 11.6 Å². The zero-order valence-electron chi connectivity index (χ0n) is 9.42. The van der Waals surface area contributed by atoms with Gasteiger partial charge in [0, 0.05) is 30.7 Å². The molecule has 2 N–H and O–H groups in total. The third-order valence-electron chi connectivity index (χ3n) is 2.83. The highest BCUT2D eigenvalue weighted by Gasteiger charge is 2.15. The summed E-state index contributed by atoms with van der Waals surface area (Å²) in [7, 11) is 1.69.